The Labute approximate surface area is 137 Å². The quantitative estimate of drug-likeness (QED) is 0.727. The minimum absolute atomic E-state index is 0.306. The molecule has 2 heterocycles. The van der Waals surface area contributed by atoms with E-state index in [4.69, 9.17) is 0 Å². The Morgan fingerprint density at radius 1 is 1.04 bits per heavy atom. The number of rotatable bonds is 5. The molecule has 0 aliphatic carbocycles. The van der Waals surface area contributed by atoms with Crippen LogP contribution in [0.3, 0.4) is 0 Å². The fourth-order valence-electron chi connectivity index (χ4n) is 2.33. The maximum absolute atomic E-state index is 12.6. The Morgan fingerprint density at radius 2 is 1.65 bits per heavy atom. The van der Waals surface area contributed by atoms with E-state index in [1.165, 1.54) is 16.4 Å². The third kappa shape index (κ3) is 2.70. The number of hydrogen-bond donors (Lipinski definition) is 3. The van der Waals surface area contributed by atoms with Crippen LogP contribution in [-0.4, -0.2) is 39.1 Å². The summed E-state index contributed by atoms with van der Waals surface area (Å²) in [5.74, 6) is -0.613. The van der Waals surface area contributed by atoms with Gasteiger partial charge in [-0.2, -0.15) is 10.0 Å². The van der Waals surface area contributed by atoms with Crippen molar-refractivity contribution in [2.75, 3.05) is 28.8 Å². The number of amides is 2. The summed E-state index contributed by atoms with van der Waals surface area (Å²) in [6.07, 6.45) is 1.68. The molecule has 0 saturated carbocycles. The topological polar surface area (TPSA) is 87.1 Å². The van der Waals surface area contributed by atoms with Crippen LogP contribution >= 0.6 is 11.5 Å². The van der Waals surface area contributed by atoms with E-state index in [1.54, 1.807) is 39.4 Å². The highest BCUT2D eigenvalue weighted by Crippen LogP contribution is 2.29. The number of nitrogens with zero attached hydrogens (tertiary/aromatic N) is 3. The third-order valence-electron chi connectivity index (χ3n) is 3.27. The van der Waals surface area contributed by atoms with E-state index in [1.807, 2.05) is 13.8 Å². The molecule has 0 radical (unpaired) electrons. The van der Waals surface area contributed by atoms with Gasteiger partial charge >= 0.3 is 0 Å². The van der Waals surface area contributed by atoms with Gasteiger partial charge in [0.2, 0.25) is 0 Å². The second kappa shape index (κ2) is 6.21. The highest BCUT2D eigenvalue weighted by molar-refractivity contribution is 7.11. The van der Waals surface area contributed by atoms with Gasteiger partial charge < -0.3 is 10.9 Å². The van der Waals surface area contributed by atoms with Crippen molar-refractivity contribution in [1.29, 1.82) is 0 Å². The number of aromatic amines is 1. The van der Waals surface area contributed by atoms with E-state index in [9.17, 15) is 9.59 Å². The largest absolute Gasteiger partial charge is 0.311 e. The van der Waals surface area contributed by atoms with E-state index in [0.717, 1.165) is 0 Å². The van der Waals surface area contributed by atoms with Gasteiger partial charge in [-0.3, -0.25) is 9.59 Å². The van der Waals surface area contributed by atoms with Crippen LogP contribution in [0.4, 0.5) is 5.00 Å². The average molecular weight is 334 g/mol. The summed E-state index contributed by atoms with van der Waals surface area (Å²) in [4.78, 5) is 28.0. The van der Waals surface area contributed by atoms with Gasteiger partial charge in [0.25, 0.3) is 11.8 Å². The highest BCUT2D eigenvalue weighted by atomic mass is 32.1. The summed E-state index contributed by atoms with van der Waals surface area (Å²) < 4.78 is 1.64. The van der Waals surface area contributed by atoms with Crippen molar-refractivity contribution in [1.82, 2.24) is 14.2 Å². The monoisotopic (exact) mass is 334 g/mol. The first-order valence-electron chi connectivity index (χ1n) is 7.36. The lowest BCUT2D eigenvalue weighted by atomic mass is 10.1. The molecule has 122 valence electrons. The number of anilines is 1. The van der Waals surface area contributed by atoms with Gasteiger partial charge in [-0.15, -0.1) is 4.18 Å². The molecule has 0 bridgehead atoms. The molecule has 1 aliphatic rings. The Balaban J connectivity index is 2.05. The number of fused-ring (bicyclic) bond motifs is 1. The number of hydrogen-bond acceptors (Lipinski definition) is 5. The number of carbonyl (C=O) groups excluding carboxylic acids is 2. The number of benzene rings is 1. The van der Waals surface area contributed by atoms with Gasteiger partial charge in [-0.05, 0) is 26.0 Å². The molecule has 0 saturated heterocycles. The first-order valence-corrected chi connectivity index (χ1v) is 8.13. The first kappa shape index (κ1) is 15.2. The smallest absolute Gasteiger partial charge is 0.266 e. The van der Waals surface area contributed by atoms with Crippen LogP contribution in [0, 0.1) is 0 Å². The summed E-state index contributed by atoms with van der Waals surface area (Å²) in [7, 11) is 0. The summed E-state index contributed by atoms with van der Waals surface area (Å²) in [5, 5.41) is 3.55. The van der Waals surface area contributed by atoms with E-state index in [0.29, 0.717) is 29.2 Å². The maximum Gasteiger partial charge on any atom is 0.266 e. The fraction of sp³-hybridized carbons (Fsp3) is 0.286. The van der Waals surface area contributed by atoms with E-state index < -0.39 is 0 Å². The Morgan fingerprint density at radius 3 is 2.22 bits per heavy atom. The number of carbonyl (C=O) groups is 2. The van der Waals surface area contributed by atoms with Crippen LogP contribution in [0.2, 0.25) is 0 Å². The van der Waals surface area contributed by atoms with Crippen molar-refractivity contribution in [3.8, 4) is 0 Å². The Hall–Kier alpha value is -2.68. The fourth-order valence-corrected chi connectivity index (χ4v) is 3.23. The van der Waals surface area contributed by atoms with E-state index in [2.05, 4.69) is 16.1 Å². The molecule has 0 unspecified atom stereocenters. The lowest BCUT2D eigenvalue weighted by Crippen LogP contribution is -2.32. The van der Waals surface area contributed by atoms with Gasteiger partial charge in [-0.1, -0.05) is 12.1 Å². The van der Waals surface area contributed by atoms with Crippen molar-refractivity contribution in [2.24, 2.45) is 0 Å². The highest BCUT2D eigenvalue weighted by Gasteiger charge is 2.37. The molecule has 9 heteroatoms. The average Bonchev–Trinajstić information content (AvgIpc) is 2.80. The lowest BCUT2D eigenvalue weighted by molar-refractivity contribution is 0.0927. The standard InChI is InChI=1S/C14H18N6O2S/c1-3-15-18-9-12(23-20(17-18)16-4-2)19-13(21)10-7-5-6-8-11(10)14(19)22/h5-9,15-17H,3-4H2,1-2H3. The molecule has 2 aromatic rings. The third-order valence-corrected chi connectivity index (χ3v) is 4.14. The second-order valence-electron chi connectivity index (χ2n) is 4.84. The Kier molecular flexibility index (Phi) is 4.11. The molecule has 1 aliphatic heterocycles. The number of imide groups is 1. The van der Waals surface area contributed by atoms with Crippen LogP contribution < -0.4 is 15.8 Å². The molecule has 3 N–H and O–H groups in total. The van der Waals surface area contributed by atoms with Gasteiger partial charge in [0.15, 0.2) is 0 Å². The van der Waals surface area contributed by atoms with Crippen molar-refractivity contribution in [3.63, 3.8) is 0 Å². The minimum atomic E-state index is -0.306. The normalized spacial score (nSPS) is 13.2. The molecule has 0 spiro atoms. The summed E-state index contributed by atoms with van der Waals surface area (Å²) in [6.45, 7) is 5.29. The number of aromatic nitrogens is 3. The molecular weight excluding hydrogens is 316 g/mol. The zero-order valence-electron chi connectivity index (χ0n) is 12.9. The zero-order chi connectivity index (χ0) is 16.4. The Bertz CT molecular complexity index is 722. The zero-order valence-corrected chi connectivity index (χ0v) is 13.7. The predicted molar refractivity (Wildman–Crippen MR) is 89.7 cm³/mol. The van der Waals surface area contributed by atoms with Crippen molar-refractivity contribution in [3.05, 3.63) is 41.6 Å². The molecule has 3 rings (SSSR count). The van der Waals surface area contributed by atoms with Crippen LogP contribution in [0.25, 0.3) is 0 Å². The van der Waals surface area contributed by atoms with Crippen LogP contribution in [0.5, 0.6) is 0 Å². The molecule has 23 heavy (non-hydrogen) atoms. The van der Waals surface area contributed by atoms with E-state index >= 15 is 0 Å². The molecular formula is C14H18N6O2S. The molecule has 2 amide bonds. The van der Waals surface area contributed by atoms with Crippen molar-refractivity contribution >= 4 is 28.3 Å². The van der Waals surface area contributed by atoms with Crippen LogP contribution in [0.1, 0.15) is 34.6 Å². The van der Waals surface area contributed by atoms with Gasteiger partial charge in [0.1, 0.15) is 5.00 Å². The van der Waals surface area contributed by atoms with Crippen molar-refractivity contribution in [2.45, 2.75) is 13.8 Å². The number of H-pyrrole nitrogens is 1. The van der Waals surface area contributed by atoms with E-state index in [-0.39, 0.29) is 11.8 Å². The summed E-state index contributed by atoms with van der Waals surface area (Å²) >= 11 is 1.24. The molecule has 1 aromatic carbocycles. The maximum atomic E-state index is 12.6. The van der Waals surface area contributed by atoms with Gasteiger partial charge in [0, 0.05) is 24.6 Å². The summed E-state index contributed by atoms with van der Waals surface area (Å²) in [6, 6.07) is 6.86. The minimum Gasteiger partial charge on any atom is -0.311 e. The number of nitrogens with one attached hydrogen (secondary N) is 3. The van der Waals surface area contributed by atoms with Gasteiger partial charge in [0.05, 0.1) is 17.3 Å². The predicted octanol–water partition coefficient (Wildman–Crippen LogP) is 1.73. The molecule has 0 fully saturated rings. The molecule has 0 atom stereocenters. The summed E-state index contributed by atoms with van der Waals surface area (Å²) in [5.41, 5.74) is 7.04. The second-order valence-corrected chi connectivity index (χ2v) is 5.80. The molecule has 8 nitrogen and oxygen atoms in total. The van der Waals surface area contributed by atoms with Crippen LogP contribution in [0.15, 0.2) is 30.5 Å². The molecule has 1 aromatic heterocycles. The van der Waals surface area contributed by atoms with Crippen molar-refractivity contribution < 1.29 is 9.59 Å². The van der Waals surface area contributed by atoms with Crippen LogP contribution in [-0.2, 0) is 0 Å². The SMILES string of the molecule is CCNn1cc(N2C(=O)c3ccccc3C2=O)sn(NCC)[nH]1. The first-order chi connectivity index (χ1) is 11.2. The lowest BCUT2D eigenvalue weighted by Gasteiger charge is -2.19. The van der Waals surface area contributed by atoms with Gasteiger partial charge in [-0.25, -0.2) is 4.90 Å².